The summed E-state index contributed by atoms with van der Waals surface area (Å²) in [6.45, 7) is 4.25. The Kier molecular flexibility index (Phi) is 3.63. The zero-order chi connectivity index (χ0) is 19.4. The summed E-state index contributed by atoms with van der Waals surface area (Å²) in [4.78, 5) is 11.2. The fraction of sp³-hybridized carbons (Fsp3) is 0.167. The van der Waals surface area contributed by atoms with Crippen LogP contribution in [0.25, 0.3) is 44.1 Å². The van der Waals surface area contributed by atoms with Crippen LogP contribution in [0.1, 0.15) is 11.1 Å². The molecule has 0 saturated carbocycles. The third-order valence-electron chi connectivity index (χ3n) is 5.34. The first-order valence-electron chi connectivity index (χ1n) is 9.38. The average Bonchev–Trinajstić information content (AvgIpc) is 3.06. The molecule has 5 aromatic rings. The Labute approximate surface area is 163 Å². The van der Waals surface area contributed by atoms with Crippen molar-refractivity contribution in [3.8, 4) is 11.3 Å². The Morgan fingerprint density at radius 2 is 1.75 bits per heavy atom. The molecule has 0 atom stereocenters. The van der Waals surface area contributed by atoms with Crippen LogP contribution in [0.4, 0.5) is 5.69 Å². The largest absolute Gasteiger partial charge is 0.455 e. The molecular weight excluding hydrogens is 346 g/mol. The number of aryl methyl sites for hydroxylation is 2. The molecule has 2 heterocycles. The fourth-order valence-corrected chi connectivity index (χ4v) is 3.96. The Hall–Kier alpha value is -3.40. The van der Waals surface area contributed by atoms with Crippen LogP contribution >= 0.6 is 0 Å². The van der Waals surface area contributed by atoms with Gasteiger partial charge >= 0.3 is 0 Å². The number of hydrogen-bond donors (Lipinski definition) is 0. The van der Waals surface area contributed by atoms with E-state index >= 15 is 0 Å². The summed E-state index contributed by atoms with van der Waals surface area (Å²) in [7, 11) is 4.06. The van der Waals surface area contributed by atoms with Crippen LogP contribution in [0.15, 0.2) is 59.3 Å². The molecule has 0 radical (unpaired) electrons. The van der Waals surface area contributed by atoms with Crippen LogP contribution in [0, 0.1) is 13.8 Å². The van der Waals surface area contributed by atoms with E-state index in [0.717, 1.165) is 44.4 Å². The summed E-state index contributed by atoms with van der Waals surface area (Å²) in [5, 5.41) is 3.34. The van der Waals surface area contributed by atoms with Crippen LogP contribution in [-0.4, -0.2) is 24.1 Å². The zero-order valence-electron chi connectivity index (χ0n) is 16.4. The van der Waals surface area contributed by atoms with Crippen LogP contribution in [-0.2, 0) is 0 Å². The van der Waals surface area contributed by atoms with Crippen LogP contribution in [0.2, 0.25) is 0 Å². The first-order valence-corrected chi connectivity index (χ1v) is 9.38. The normalized spacial score (nSPS) is 11.6. The smallest absolute Gasteiger partial charge is 0.144 e. The molecule has 138 valence electrons. The van der Waals surface area contributed by atoms with E-state index in [-0.39, 0.29) is 0 Å². The molecular formula is C24H21N3O. The van der Waals surface area contributed by atoms with Crippen molar-refractivity contribution in [3.63, 3.8) is 0 Å². The predicted octanol–water partition coefficient (Wildman–Crippen LogP) is 5.88. The van der Waals surface area contributed by atoms with Gasteiger partial charge in [-0.15, -0.1) is 0 Å². The average molecular weight is 367 g/mol. The molecule has 0 aliphatic rings. The number of rotatable bonds is 2. The van der Waals surface area contributed by atoms with Gasteiger partial charge in [0.25, 0.3) is 0 Å². The van der Waals surface area contributed by atoms with Crippen molar-refractivity contribution < 1.29 is 4.42 Å². The summed E-state index contributed by atoms with van der Waals surface area (Å²) >= 11 is 0. The maximum atomic E-state index is 6.32. The summed E-state index contributed by atoms with van der Waals surface area (Å²) in [6.07, 6.45) is 1.64. The first-order chi connectivity index (χ1) is 13.5. The van der Waals surface area contributed by atoms with Gasteiger partial charge in [0.05, 0.1) is 11.2 Å². The molecule has 4 heteroatoms. The van der Waals surface area contributed by atoms with Gasteiger partial charge in [0.15, 0.2) is 0 Å². The van der Waals surface area contributed by atoms with Gasteiger partial charge in [-0.2, -0.15) is 0 Å². The fourth-order valence-electron chi connectivity index (χ4n) is 3.96. The molecule has 0 bridgehead atoms. The monoisotopic (exact) mass is 367 g/mol. The SMILES string of the molecule is Cc1cc(-c2ncnc3cc(N(C)C)ccc23)c2oc3cccc(C)c3c2c1. The number of aromatic nitrogens is 2. The van der Waals surface area contributed by atoms with E-state index < -0.39 is 0 Å². The second-order valence-corrected chi connectivity index (χ2v) is 7.56. The molecule has 0 spiro atoms. The quantitative estimate of drug-likeness (QED) is 0.391. The molecule has 28 heavy (non-hydrogen) atoms. The molecule has 0 N–H and O–H groups in total. The number of anilines is 1. The molecule has 3 aromatic carbocycles. The van der Waals surface area contributed by atoms with Crippen LogP contribution in [0.3, 0.4) is 0 Å². The van der Waals surface area contributed by atoms with E-state index in [1.165, 1.54) is 16.5 Å². The minimum Gasteiger partial charge on any atom is -0.455 e. The summed E-state index contributed by atoms with van der Waals surface area (Å²) in [6, 6.07) is 16.8. The maximum absolute atomic E-state index is 6.32. The van der Waals surface area contributed by atoms with Gasteiger partial charge in [-0.3, -0.25) is 0 Å². The van der Waals surface area contributed by atoms with Gasteiger partial charge in [-0.05, 0) is 61.4 Å². The van der Waals surface area contributed by atoms with E-state index in [2.05, 4.69) is 65.1 Å². The van der Waals surface area contributed by atoms with Gasteiger partial charge in [-0.25, -0.2) is 9.97 Å². The van der Waals surface area contributed by atoms with Crippen molar-refractivity contribution in [2.24, 2.45) is 0 Å². The lowest BCUT2D eigenvalue weighted by Gasteiger charge is -2.14. The molecule has 5 rings (SSSR count). The molecule has 2 aromatic heterocycles. The van der Waals surface area contributed by atoms with E-state index in [1.54, 1.807) is 6.33 Å². The van der Waals surface area contributed by atoms with E-state index in [9.17, 15) is 0 Å². The standard InChI is InChI=1S/C24H21N3O/c1-14-10-18-22-15(2)6-5-7-21(22)28-24(18)19(11-14)23-17-9-8-16(27(3)4)12-20(17)25-13-26-23/h5-13H,1-4H3. The van der Waals surface area contributed by atoms with E-state index in [4.69, 9.17) is 4.42 Å². The highest BCUT2D eigenvalue weighted by Crippen LogP contribution is 2.39. The Morgan fingerprint density at radius 1 is 0.893 bits per heavy atom. The Bertz CT molecular complexity index is 1370. The lowest BCUT2D eigenvalue weighted by Crippen LogP contribution is -2.08. The molecule has 4 nitrogen and oxygen atoms in total. The highest BCUT2D eigenvalue weighted by atomic mass is 16.3. The first kappa shape index (κ1) is 16.8. The second kappa shape index (κ2) is 6.06. The Morgan fingerprint density at radius 3 is 2.57 bits per heavy atom. The molecule has 0 fully saturated rings. The lowest BCUT2D eigenvalue weighted by atomic mass is 9.99. The van der Waals surface area contributed by atoms with Crippen LogP contribution < -0.4 is 4.90 Å². The minimum atomic E-state index is 0.881. The molecule has 0 aliphatic carbocycles. The summed E-state index contributed by atoms with van der Waals surface area (Å²) in [5.41, 5.74) is 8.16. The Balaban J connectivity index is 1.87. The van der Waals surface area contributed by atoms with Gasteiger partial charge < -0.3 is 9.32 Å². The molecule has 0 amide bonds. The third kappa shape index (κ3) is 2.45. The predicted molar refractivity (Wildman–Crippen MR) is 116 cm³/mol. The van der Waals surface area contributed by atoms with Gasteiger partial charge in [0.2, 0.25) is 0 Å². The van der Waals surface area contributed by atoms with Crippen molar-refractivity contribution in [1.29, 1.82) is 0 Å². The highest BCUT2D eigenvalue weighted by Gasteiger charge is 2.17. The maximum Gasteiger partial charge on any atom is 0.144 e. The van der Waals surface area contributed by atoms with Gasteiger partial charge in [0.1, 0.15) is 17.5 Å². The zero-order valence-corrected chi connectivity index (χ0v) is 16.4. The second-order valence-electron chi connectivity index (χ2n) is 7.56. The van der Waals surface area contributed by atoms with E-state index in [0.29, 0.717) is 0 Å². The summed E-state index contributed by atoms with van der Waals surface area (Å²) < 4.78 is 6.32. The van der Waals surface area contributed by atoms with Gasteiger partial charge in [0, 0.05) is 41.5 Å². The summed E-state index contributed by atoms with van der Waals surface area (Å²) in [5.74, 6) is 0. The van der Waals surface area contributed by atoms with Crippen molar-refractivity contribution in [1.82, 2.24) is 9.97 Å². The molecule has 0 unspecified atom stereocenters. The number of fused-ring (bicyclic) bond motifs is 4. The number of furan rings is 1. The van der Waals surface area contributed by atoms with Crippen molar-refractivity contribution in [2.75, 3.05) is 19.0 Å². The number of hydrogen-bond acceptors (Lipinski definition) is 4. The van der Waals surface area contributed by atoms with Crippen LogP contribution in [0.5, 0.6) is 0 Å². The highest BCUT2D eigenvalue weighted by molar-refractivity contribution is 6.12. The van der Waals surface area contributed by atoms with E-state index in [1.807, 2.05) is 26.2 Å². The van der Waals surface area contributed by atoms with Crippen molar-refractivity contribution in [3.05, 3.63) is 66.0 Å². The third-order valence-corrected chi connectivity index (χ3v) is 5.34. The van der Waals surface area contributed by atoms with Crippen molar-refractivity contribution >= 4 is 38.5 Å². The molecule has 0 saturated heterocycles. The topological polar surface area (TPSA) is 42.2 Å². The lowest BCUT2D eigenvalue weighted by molar-refractivity contribution is 0.669. The number of nitrogens with zero attached hydrogens (tertiary/aromatic N) is 3. The number of benzene rings is 3. The minimum absolute atomic E-state index is 0.881. The van der Waals surface area contributed by atoms with Crippen molar-refractivity contribution in [2.45, 2.75) is 13.8 Å². The molecule has 0 aliphatic heterocycles. The van der Waals surface area contributed by atoms with Gasteiger partial charge in [-0.1, -0.05) is 12.1 Å².